The topological polar surface area (TPSA) is 66.5 Å². The molecular formula is C17H18N2O3. The molecule has 1 aromatic carbocycles. The Morgan fingerprint density at radius 3 is 1.91 bits per heavy atom. The van der Waals surface area contributed by atoms with Crippen LogP contribution in [0.4, 0.5) is 0 Å². The van der Waals surface area contributed by atoms with Gasteiger partial charge < -0.3 is 0 Å². The lowest BCUT2D eigenvalue weighted by atomic mass is 9.59. The molecule has 2 unspecified atom stereocenters. The van der Waals surface area contributed by atoms with Crippen molar-refractivity contribution in [1.29, 1.82) is 0 Å². The Labute approximate surface area is 128 Å². The number of carbonyl (C=O) groups is 3. The molecule has 0 aromatic heterocycles. The average Bonchev–Trinajstić information content (AvgIpc) is 2.84. The zero-order valence-corrected chi connectivity index (χ0v) is 12.2. The van der Waals surface area contributed by atoms with Gasteiger partial charge in [-0.05, 0) is 49.7 Å². The van der Waals surface area contributed by atoms with Gasteiger partial charge in [0.1, 0.15) is 0 Å². The van der Waals surface area contributed by atoms with Gasteiger partial charge in [-0.2, -0.15) is 5.01 Å². The third-order valence-corrected chi connectivity index (χ3v) is 5.48. The number of benzene rings is 1. The summed E-state index contributed by atoms with van der Waals surface area (Å²) in [6.45, 7) is 0. The Kier molecular flexibility index (Phi) is 3.03. The van der Waals surface area contributed by atoms with Gasteiger partial charge in [-0.3, -0.25) is 19.8 Å². The Balaban J connectivity index is 1.57. The average molecular weight is 298 g/mol. The van der Waals surface area contributed by atoms with Crippen LogP contribution in [0.3, 0.4) is 0 Å². The third-order valence-electron chi connectivity index (χ3n) is 5.48. The van der Waals surface area contributed by atoms with Gasteiger partial charge in [0, 0.05) is 5.56 Å². The van der Waals surface area contributed by atoms with Crippen molar-refractivity contribution in [3.05, 3.63) is 35.9 Å². The lowest BCUT2D eigenvalue weighted by Crippen LogP contribution is -2.46. The minimum absolute atomic E-state index is 0.212. The van der Waals surface area contributed by atoms with E-state index in [4.69, 9.17) is 0 Å². The van der Waals surface area contributed by atoms with Crippen LogP contribution in [0.1, 0.15) is 36.0 Å². The fourth-order valence-corrected chi connectivity index (χ4v) is 4.43. The van der Waals surface area contributed by atoms with Gasteiger partial charge in [0.2, 0.25) is 0 Å². The lowest BCUT2D eigenvalue weighted by Gasteiger charge is -2.42. The van der Waals surface area contributed by atoms with Crippen molar-refractivity contribution in [2.45, 2.75) is 25.7 Å². The summed E-state index contributed by atoms with van der Waals surface area (Å²) in [6.07, 6.45) is 4.13. The monoisotopic (exact) mass is 298 g/mol. The van der Waals surface area contributed by atoms with Crippen LogP contribution in [-0.2, 0) is 9.59 Å². The van der Waals surface area contributed by atoms with E-state index in [1.165, 1.54) is 0 Å². The quantitative estimate of drug-likeness (QED) is 0.846. The van der Waals surface area contributed by atoms with E-state index in [2.05, 4.69) is 5.43 Å². The van der Waals surface area contributed by atoms with Gasteiger partial charge in [0.25, 0.3) is 17.7 Å². The minimum atomic E-state index is -0.409. The van der Waals surface area contributed by atoms with Crippen molar-refractivity contribution in [3.8, 4) is 0 Å². The number of hydrazine groups is 1. The normalized spacial score (nSPS) is 33.0. The molecule has 3 saturated carbocycles. The second-order valence-electron chi connectivity index (χ2n) is 6.55. The van der Waals surface area contributed by atoms with Crippen LogP contribution in [0.2, 0.25) is 0 Å². The lowest BCUT2D eigenvalue weighted by molar-refractivity contribution is -0.143. The number of hydrogen-bond donors (Lipinski definition) is 1. The van der Waals surface area contributed by atoms with E-state index in [0.717, 1.165) is 30.7 Å². The number of imide groups is 1. The van der Waals surface area contributed by atoms with Crippen molar-refractivity contribution in [3.63, 3.8) is 0 Å². The van der Waals surface area contributed by atoms with E-state index in [-0.39, 0.29) is 23.7 Å². The van der Waals surface area contributed by atoms with Gasteiger partial charge in [-0.1, -0.05) is 18.2 Å². The number of carbonyl (C=O) groups excluding carboxylic acids is 3. The van der Waals surface area contributed by atoms with Crippen LogP contribution >= 0.6 is 0 Å². The molecule has 1 aliphatic heterocycles. The van der Waals surface area contributed by atoms with E-state index >= 15 is 0 Å². The van der Waals surface area contributed by atoms with Crippen molar-refractivity contribution in [2.75, 3.05) is 0 Å². The summed E-state index contributed by atoms with van der Waals surface area (Å²) >= 11 is 0. The summed E-state index contributed by atoms with van der Waals surface area (Å²) in [4.78, 5) is 37.4. The highest BCUT2D eigenvalue weighted by Gasteiger charge is 2.58. The van der Waals surface area contributed by atoms with Crippen molar-refractivity contribution < 1.29 is 14.4 Å². The van der Waals surface area contributed by atoms with Crippen LogP contribution in [0, 0.1) is 23.7 Å². The predicted octanol–water partition coefficient (Wildman–Crippen LogP) is 1.75. The summed E-state index contributed by atoms with van der Waals surface area (Å²) in [6, 6.07) is 8.65. The van der Waals surface area contributed by atoms with Gasteiger partial charge in [0.15, 0.2) is 0 Å². The molecule has 1 saturated heterocycles. The molecule has 3 amide bonds. The van der Waals surface area contributed by atoms with E-state index in [0.29, 0.717) is 17.4 Å². The summed E-state index contributed by atoms with van der Waals surface area (Å²) in [5, 5.41) is 0.987. The summed E-state index contributed by atoms with van der Waals surface area (Å²) in [5.41, 5.74) is 2.96. The van der Waals surface area contributed by atoms with Crippen LogP contribution in [0.25, 0.3) is 0 Å². The molecule has 2 bridgehead atoms. The van der Waals surface area contributed by atoms with Gasteiger partial charge in [0.05, 0.1) is 11.8 Å². The smallest absolute Gasteiger partial charge is 0.270 e. The molecule has 0 radical (unpaired) electrons. The molecule has 1 heterocycles. The molecule has 114 valence electrons. The maximum absolute atomic E-state index is 12.6. The molecule has 4 aliphatic rings. The van der Waals surface area contributed by atoms with E-state index < -0.39 is 5.91 Å². The number of fused-ring (bicyclic) bond motifs is 2. The second-order valence-corrected chi connectivity index (χ2v) is 6.55. The molecule has 0 spiro atoms. The second kappa shape index (κ2) is 4.93. The number of amides is 3. The minimum Gasteiger partial charge on any atom is -0.272 e. The van der Waals surface area contributed by atoms with Crippen molar-refractivity contribution in [2.24, 2.45) is 23.7 Å². The molecule has 5 heteroatoms. The summed E-state index contributed by atoms with van der Waals surface area (Å²) < 4.78 is 0. The molecule has 3 aliphatic carbocycles. The number of hydrogen-bond acceptors (Lipinski definition) is 3. The zero-order valence-electron chi connectivity index (χ0n) is 12.2. The first-order chi connectivity index (χ1) is 10.7. The molecule has 22 heavy (non-hydrogen) atoms. The van der Waals surface area contributed by atoms with Gasteiger partial charge in [-0.25, -0.2) is 0 Å². The summed E-state index contributed by atoms with van der Waals surface area (Å²) in [7, 11) is 0. The van der Waals surface area contributed by atoms with Crippen LogP contribution in [-0.4, -0.2) is 22.7 Å². The van der Waals surface area contributed by atoms with Crippen molar-refractivity contribution in [1.82, 2.24) is 10.4 Å². The maximum Gasteiger partial charge on any atom is 0.270 e. The van der Waals surface area contributed by atoms with Gasteiger partial charge >= 0.3 is 0 Å². The first-order valence-electron chi connectivity index (χ1n) is 7.90. The van der Waals surface area contributed by atoms with Crippen LogP contribution in [0.5, 0.6) is 0 Å². The Hall–Kier alpha value is -2.17. The fraction of sp³-hybridized carbons (Fsp3) is 0.471. The third kappa shape index (κ3) is 1.88. The Morgan fingerprint density at radius 1 is 0.909 bits per heavy atom. The fourth-order valence-electron chi connectivity index (χ4n) is 4.43. The Morgan fingerprint density at radius 2 is 1.41 bits per heavy atom. The van der Waals surface area contributed by atoms with Crippen LogP contribution < -0.4 is 5.43 Å². The highest BCUT2D eigenvalue weighted by molar-refractivity contribution is 6.08. The first-order valence-corrected chi connectivity index (χ1v) is 7.90. The predicted molar refractivity (Wildman–Crippen MR) is 78.2 cm³/mol. The molecule has 1 aromatic rings. The molecule has 5 nitrogen and oxygen atoms in total. The number of nitrogens with zero attached hydrogens (tertiary/aromatic N) is 1. The van der Waals surface area contributed by atoms with E-state index in [1.54, 1.807) is 24.3 Å². The van der Waals surface area contributed by atoms with Crippen molar-refractivity contribution >= 4 is 17.7 Å². The molecule has 4 fully saturated rings. The van der Waals surface area contributed by atoms with Crippen LogP contribution in [0.15, 0.2) is 30.3 Å². The van der Waals surface area contributed by atoms with E-state index in [9.17, 15) is 14.4 Å². The highest BCUT2D eigenvalue weighted by atomic mass is 16.2. The number of rotatable bonds is 2. The van der Waals surface area contributed by atoms with E-state index in [1.807, 2.05) is 6.07 Å². The van der Waals surface area contributed by atoms with Gasteiger partial charge in [-0.15, -0.1) is 0 Å². The zero-order chi connectivity index (χ0) is 15.3. The molecule has 2 atom stereocenters. The Bertz CT molecular complexity index is 605. The maximum atomic E-state index is 12.6. The SMILES string of the molecule is O=C(NN1C(=O)C2C3CCC(CC3)C2C1=O)c1ccccc1. The first kappa shape index (κ1) is 13.5. The number of nitrogens with one attached hydrogen (secondary N) is 1. The molecule has 1 N–H and O–H groups in total. The largest absolute Gasteiger partial charge is 0.272 e. The molecular weight excluding hydrogens is 280 g/mol. The highest BCUT2D eigenvalue weighted by Crippen LogP contribution is 2.52. The standard InChI is InChI=1S/C17H18N2O3/c20-15(12-4-2-1-3-5-12)18-19-16(21)13-10-6-7-11(9-8-10)14(13)17(19)22/h1-5,10-11,13-14H,6-9H2,(H,18,20). The summed E-state index contributed by atoms with van der Waals surface area (Å²) in [5.74, 6) is -0.641. The molecule has 5 rings (SSSR count).